The normalized spacial score (nSPS) is 25.0. The lowest BCUT2D eigenvalue weighted by Crippen LogP contribution is -2.63. The van der Waals surface area contributed by atoms with Gasteiger partial charge in [-0.25, -0.2) is 0 Å². The van der Waals surface area contributed by atoms with Crippen molar-refractivity contribution in [3.8, 4) is 0 Å². The molecular weight excluding hydrogens is 330 g/mol. The van der Waals surface area contributed by atoms with Gasteiger partial charge in [0, 0.05) is 39.3 Å². The molecule has 3 fully saturated rings. The Morgan fingerprint density at radius 3 is 2.35 bits per heavy atom. The topological polar surface area (TPSA) is 75.9 Å². The van der Waals surface area contributed by atoms with Crippen molar-refractivity contribution in [3.63, 3.8) is 0 Å². The fourth-order valence-corrected chi connectivity index (χ4v) is 4.89. The third kappa shape index (κ3) is 4.39. The van der Waals surface area contributed by atoms with E-state index in [1.54, 1.807) is 7.11 Å². The molecule has 0 bridgehead atoms. The van der Waals surface area contributed by atoms with Gasteiger partial charge in [0.05, 0.1) is 5.41 Å². The molecular formula is C20H35N3O3. The highest BCUT2D eigenvalue weighted by atomic mass is 16.5. The molecule has 2 heterocycles. The molecule has 0 aromatic carbocycles. The summed E-state index contributed by atoms with van der Waals surface area (Å²) >= 11 is 0. The average Bonchev–Trinajstić information content (AvgIpc) is 2.60. The fourth-order valence-electron chi connectivity index (χ4n) is 4.89. The van der Waals surface area contributed by atoms with Crippen molar-refractivity contribution in [1.29, 1.82) is 0 Å². The van der Waals surface area contributed by atoms with Gasteiger partial charge in [-0.05, 0) is 51.1 Å². The van der Waals surface area contributed by atoms with Gasteiger partial charge in [0.1, 0.15) is 0 Å². The van der Waals surface area contributed by atoms with Crippen LogP contribution in [0.2, 0.25) is 0 Å². The van der Waals surface area contributed by atoms with Gasteiger partial charge in [0.15, 0.2) is 0 Å². The van der Waals surface area contributed by atoms with Crippen molar-refractivity contribution < 1.29 is 14.3 Å². The van der Waals surface area contributed by atoms with Crippen LogP contribution in [0.3, 0.4) is 0 Å². The largest absolute Gasteiger partial charge is 0.385 e. The standard InChI is InChI=1S/C20H35N3O3/c1-26-12-9-20(19(21)25)7-10-22(11-8-20)17-14-23(15-17)18(24)13-16-5-3-2-4-6-16/h16-17H,2-15H2,1H3,(H2,21,25). The number of rotatable bonds is 7. The molecule has 6 nitrogen and oxygen atoms in total. The summed E-state index contributed by atoms with van der Waals surface area (Å²) in [7, 11) is 1.66. The minimum atomic E-state index is -0.410. The Hall–Kier alpha value is -1.14. The van der Waals surface area contributed by atoms with Gasteiger partial charge < -0.3 is 15.4 Å². The molecule has 0 aromatic rings. The number of likely N-dealkylation sites (tertiary alicyclic amines) is 2. The van der Waals surface area contributed by atoms with Gasteiger partial charge in [-0.3, -0.25) is 14.5 Å². The van der Waals surface area contributed by atoms with E-state index in [2.05, 4.69) is 4.90 Å². The maximum absolute atomic E-state index is 12.5. The predicted octanol–water partition coefficient (Wildman–Crippen LogP) is 1.77. The molecule has 1 aliphatic carbocycles. The number of primary amides is 1. The van der Waals surface area contributed by atoms with E-state index < -0.39 is 5.41 Å². The zero-order chi connectivity index (χ0) is 18.6. The zero-order valence-electron chi connectivity index (χ0n) is 16.3. The van der Waals surface area contributed by atoms with Crippen LogP contribution in [0, 0.1) is 11.3 Å². The molecule has 3 aliphatic rings. The summed E-state index contributed by atoms with van der Waals surface area (Å²) in [5, 5.41) is 0. The quantitative estimate of drug-likeness (QED) is 0.746. The van der Waals surface area contributed by atoms with Crippen LogP contribution in [0.1, 0.15) is 57.8 Å². The fraction of sp³-hybridized carbons (Fsp3) is 0.900. The number of ether oxygens (including phenoxy) is 1. The van der Waals surface area contributed by atoms with Crippen LogP contribution in [-0.2, 0) is 14.3 Å². The van der Waals surface area contributed by atoms with Crippen LogP contribution in [0.25, 0.3) is 0 Å². The van der Waals surface area contributed by atoms with E-state index in [1.165, 1.54) is 32.1 Å². The maximum Gasteiger partial charge on any atom is 0.223 e. The van der Waals surface area contributed by atoms with Crippen molar-refractivity contribution in [3.05, 3.63) is 0 Å². The van der Waals surface area contributed by atoms with E-state index in [4.69, 9.17) is 10.5 Å². The number of nitrogens with zero attached hydrogens (tertiary/aromatic N) is 2. The molecule has 0 unspecified atom stereocenters. The lowest BCUT2D eigenvalue weighted by atomic mass is 9.74. The Morgan fingerprint density at radius 2 is 1.77 bits per heavy atom. The van der Waals surface area contributed by atoms with Gasteiger partial charge >= 0.3 is 0 Å². The number of carbonyl (C=O) groups is 2. The summed E-state index contributed by atoms with van der Waals surface area (Å²) in [4.78, 5) is 28.9. The first-order chi connectivity index (χ1) is 12.5. The number of hydrogen-bond acceptors (Lipinski definition) is 4. The van der Waals surface area contributed by atoms with Crippen LogP contribution in [-0.4, -0.2) is 67.6 Å². The molecule has 2 N–H and O–H groups in total. The molecule has 148 valence electrons. The summed E-state index contributed by atoms with van der Waals surface area (Å²) in [6.07, 6.45) is 9.44. The van der Waals surface area contributed by atoms with Crippen LogP contribution >= 0.6 is 0 Å². The number of nitrogens with two attached hydrogens (primary N) is 1. The number of hydrogen-bond donors (Lipinski definition) is 1. The molecule has 0 radical (unpaired) electrons. The summed E-state index contributed by atoms with van der Waals surface area (Å²) < 4.78 is 5.16. The van der Waals surface area contributed by atoms with Crippen molar-refractivity contribution in [1.82, 2.24) is 9.80 Å². The number of methoxy groups -OCH3 is 1. The Balaban J connectivity index is 1.41. The van der Waals surface area contributed by atoms with E-state index in [1.807, 2.05) is 4.90 Å². The molecule has 0 aromatic heterocycles. The van der Waals surface area contributed by atoms with Gasteiger partial charge in [-0.15, -0.1) is 0 Å². The second-order valence-corrected chi connectivity index (χ2v) is 8.58. The molecule has 6 heteroatoms. The summed E-state index contributed by atoms with van der Waals surface area (Å²) in [6.45, 7) is 4.07. The molecule has 1 saturated carbocycles. The Morgan fingerprint density at radius 1 is 1.12 bits per heavy atom. The van der Waals surface area contributed by atoms with Crippen LogP contribution < -0.4 is 5.73 Å². The average molecular weight is 366 g/mol. The molecule has 2 saturated heterocycles. The van der Waals surface area contributed by atoms with Gasteiger partial charge in [-0.2, -0.15) is 0 Å². The lowest BCUT2D eigenvalue weighted by Gasteiger charge is -2.49. The smallest absolute Gasteiger partial charge is 0.223 e. The summed E-state index contributed by atoms with van der Waals surface area (Å²) in [5.74, 6) is 0.770. The van der Waals surface area contributed by atoms with E-state index in [9.17, 15) is 9.59 Å². The molecule has 0 atom stereocenters. The third-order valence-corrected chi connectivity index (χ3v) is 6.98. The van der Waals surface area contributed by atoms with Crippen molar-refractivity contribution in [2.75, 3.05) is 39.9 Å². The minimum Gasteiger partial charge on any atom is -0.385 e. The summed E-state index contributed by atoms with van der Waals surface area (Å²) in [6, 6.07) is 0.457. The van der Waals surface area contributed by atoms with Crippen LogP contribution in [0.15, 0.2) is 0 Å². The highest BCUT2D eigenvalue weighted by molar-refractivity contribution is 5.81. The second kappa shape index (κ2) is 8.70. The molecule has 2 aliphatic heterocycles. The van der Waals surface area contributed by atoms with Gasteiger partial charge in [0.25, 0.3) is 0 Å². The van der Waals surface area contributed by atoms with Crippen LogP contribution in [0.5, 0.6) is 0 Å². The molecule has 3 rings (SSSR count). The van der Waals surface area contributed by atoms with E-state index in [0.717, 1.165) is 45.4 Å². The highest BCUT2D eigenvalue weighted by Crippen LogP contribution is 2.36. The first-order valence-electron chi connectivity index (χ1n) is 10.3. The van der Waals surface area contributed by atoms with E-state index >= 15 is 0 Å². The number of piperidine rings is 1. The minimum absolute atomic E-state index is 0.188. The van der Waals surface area contributed by atoms with Gasteiger partial charge in [0.2, 0.25) is 11.8 Å². The molecule has 26 heavy (non-hydrogen) atoms. The molecule has 2 amide bonds. The monoisotopic (exact) mass is 365 g/mol. The maximum atomic E-state index is 12.5. The van der Waals surface area contributed by atoms with Crippen molar-refractivity contribution in [2.24, 2.45) is 17.1 Å². The second-order valence-electron chi connectivity index (χ2n) is 8.58. The SMILES string of the molecule is COCCC1(C(N)=O)CCN(C2CN(C(=O)CC3CCCCC3)C2)CC1. The lowest BCUT2D eigenvalue weighted by molar-refractivity contribution is -0.141. The first kappa shape index (κ1) is 19.6. The van der Waals surface area contributed by atoms with Crippen molar-refractivity contribution >= 4 is 11.8 Å². The molecule has 0 spiro atoms. The van der Waals surface area contributed by atoms with Crippen LogP contribution in [0.4, 0.5) is 0 Å². The number of carbonyl (C=O) groups excluding carboxylic acids is 2. The highest BCUT2D eigenvalue weighted by Gasteiger charge is 2.43. The Kier molecular flexibility index (Phi) is 6.56. The predicted molar refractivity (Wildman–Crippen MR) is 100 cm³/mol. The van der Waals surface area contributed by atoms with Gasteiger partial charge in [-0.1, -0.05) is 19.3 Å². The Bertz CT molecular complexity index is 491. The van der Waals surface area contributed by atoms with E-state index in [0.29, 0.717) is 30.9 Å². The summed E-state index contributed by atoms with van der Waals surface area (Å²) in [5.41, 5.74) is 5.29. The zero-order valence-corrected chi connectivity index (χ0v) is 16.3. The first-order valence-corrected chi connectivity index (χ1v) is 10.3. The number of amides is 2. The third-order valence-electron chi connectivity index (χ3n) is 6.98. The van der Waals surface area contributed by atoms with E-state index in [-0.39, 0.29) is 5.91 Å². The Labute approximate surface area is 157 Å². The van der Waals surface area contributed by atoms with Crippen molar-refractivity contribution in [2.45, 2.75) is 63.8 Å².